The van der Waals surface area contributed by atoms with Gasteiger partial charge in [0.15, 0.2) is 0 Å². The first kappa shape index (κ1) is 20.5. The quantitative estimate of drug-likeness (QED) is 0.323. The Bertz CT molecular complexity index is 256. The molecule has 0 bridgehead atoms. The van der Waals surface area contributed by atoms with Crippen molar-refractivity contribution in [2.75, 3.05) is 26.2 Å². The van der Waals surface area contributed by atoms with E-state index < -0.39 is 0 Å². The van der Waals surface area contributed by atoms with E-state index >= 15 is 0 Å². The van der Waals surface area contributed by atoms with E-state index in [1.807, 2.05) is 0 Å². The van der Waals surface area contributed by atoms with Crippen LogP contribution < -0.4 is 0 Å². The van der Waals surface area contributed by atoms with E-state index in [2.05, 4.69) is 48.9 Å². The maximum atomic E-state index is 5.08. The molecule has 0 amide bonds. The zero-order chi connectivity index (χ0) is 15.4. The number of unbranched alkanes of at least 4 members (excludes halogenated alkanes) is 5. The normalized spacial score (nSPS) is 10.4. The lowest BCUT2D eigenvalue weighted by Gasteiger charge is -2.20. The van der Waals surface area contributed by atoms with E-state index in [0.717, 1.165) is 34.8 Å². The Morgan fingerprint density at radius 2 is 1.00 bits per heavy atom. The van der Waals surface area contributed by atoms with Gasteiger partial charge in [-0.1, -0.05) is 50.1 Å². The Labute approximate surface area is 146 Å². The molecule has 0 fully saturated rings. The molecule has 0 N–H and O–H groups in total. The number of thiocarbonyl (C=S) groups is 2. The van der Waals surface area contributed by atoms with Gasteiger partial charge in [0.05, 0.1) is 0 Å². The van der Waals surface area contributed by atoms with E-state index in [-0.39, 0.29) is 0 Å². The fourth-order valence-electron chi connectivity index (χ4n) is 2.09. The van der Waals surface area contributed by atoms with Crippen molar-refractivity contribution in [3.05, 3.63) is 0 Å². The van der Waals surface area contributed by atoms with Crippen LogP contribution in [0.25, 0.3) is 0 Å². The summed E-state index contributed by atoms with van der Waals surface area (Å²) in [5, 5.41) is 0. The van der Waals surface area contributed by atoms with E-state index in [4.69, 9.17) is 24.4 Å². The molecule has 0 atom stereocenters. The first-order chi connectivity index (χ1) is 9.52. The Morgan fingerprint density at radius 3 is 1.25 bits per heavy atom. The van der Waals surface area contributed by atoms with E-state index in [9.17, 15) is 0 Å². The Kier molecular flexibility index (Phi) is 13.5. The summed E-state index contributed by atoms with van der Waals surface area (Å²) in [6.45, 7) is 8.23. The molecule has 0 spiro atoms. The first-order valence-corrected chi connectivity index (χ1v) is 9.19. The number of hydrogen-bond acceptors (Lipinski definition) is 2. The molecule has 0 aromatic rings. The summed E-state index contributed by atoms with van der Waals surface area (Å²) in [7, 11) is 0. The molecule has 0 aliphatic carbocycles. The van der Waals surface area contributed by atoms with Crippen molar-refractivity contribution >= 4 is 58.3 Å². The second kappa shape index (κ2) is 13.2. The van der Waals surface area contributed by atoms with Gasteiger partial charge in [-0.25, -0.2) is 0 Å². The van der Waals surface area contributed by atoms with Crippen molar-refractivity contribution in [1.29, 1.82) is 0 Å². The van der Waals surface area contributed by atoms with Crippen LogP contribution in [0.15, 0.2) is 0 Å². The topological polar surface area (TPSA) is 6.48 Å². The molecule has 0 aliphatic rings. The largest absolute Gasteiger partial charge is 0.358 e. The van der Waals surface area contributed by atoms with Crippen LogP contribution in [0.4, 0.5) is 0 Å². The van der Waals surface area contributed by atoms with Gasteiger partial charge in [0.25, 0.3) is 0 Å². The standard InChI is InChI=1S/C14H28N2S4/c1-3-15(13(17)18)11-9-7-5-6-8-10-12-16(4-2)14(19)20/h3-12H2,1-2H3,(H,17,18)(H,19,20). The van der Waals surface area contributed by atoms with Gasteiger partial charge in [-0.2, -0.15) is 0 Å². The minimum Gasteiger partial charge on any atom is -0.358 e. The molecular formula is C14H28N2S4. The molecule has 6 heteroatoms. The van der Waals surface area contributed by atoms with Crippen LogP contribution in [0.3, 0.4) is 0 Å². The summed E-state index contributed by atoms with van der Waals surface area (Å²) >= 11 is 18.6. The molecule has 0 unspecified atom stereocenters. The van der Waals surface area contributed by atoms with Crippen LogP contribution in [0.1, 0.15) is 52.4 Å². The van der Waals surface area contributed by atoms with Crippen molar-refractivity contribution in [1.82, 2.24) is 9.80 Å². The third kappa shape index (κ3) is 10.2. The molecule has 0 saturated carbocycles. The molecule has 2 nitrogen and oxygen atoms in total. The van der Waals surface area contributed by atoms with Crippen molar-refractivity contribution in [2.24, 2.45) is 0 Å². The molecule has 0 aliphatic heterocycles. The van der Waals surface area contributed by atoms with Crippen molar-refractivity contribution in [3.8, 4) is 0 Å². The van der Waals surface area contributed by atoms with Crippen molar-refractivity contribution in [2.45, 2.75) is 52.4 Å². The summed E-state index contributed by atoms with van der Waals surface area (Å²) < 4.78 is 1.43. The molecule has 20 heavy (non-hydrogen) atoms. The monoisotopic (exact) mass is 352 g/mol. The number of thiol groups is 2. The molecule has 0 aromatic carbocycles. The average Bonchev–Trinajstić information content (AvgIpc) is 2.40. The van der Waals surface area contributed by atoms with Crippen LogP contribution in [0.5, 0.6) is 0 Å². The number of rotatable bonds is 11. The van der Waals surface area contributed by atoms with Gasteiger partial charge in [0.2, 0.25) is 0 Å². The lowest BCUT2D eigenvalue weighted by molar-refractivity contribution is 0.417. The van der Waals surface area contributed by atoms with Crippen molar-refractivity contribution in [3.63, 3.8) is 0 Å². The highest BCUT2D eigenvalue weighted by molar-refractivity contribution is 8.11. The lowest BCUT2D eigenvalue weighted by atomic mass is 10.1. The van der Waals surface area contributed by atoms with Crippen LogP contribution >= 0.6 is 49.7 Å². The summed E-state index contributed by atoms with van der Waals surface area (Å²) in [6.07, 6.45) is 7.56. The summed E-state index contributed by atoms with van der Waals surface area (Å²) in [5.74, 6) is 0. The van der Waals surface area contributed by atoms with Gasteiger partial charge in [-0.3, -0.25) is 0 Å². The van der Waals surface area contributed by atoms with Crippen molar-refractivity contribution < 1.29 is 0 Å². The fourth-order valence-corrected chi connectivity index (χ4v) is 3.01. The van der Waals surface area contributed by atoms with Crippen LogP contribution in [-0.4, -0.2) is 44.6 Å². The first-order valence-electron chi connectivity index (χ1n) is 7.48. The average molecular weight is 353 g/mol. The second-order valence-electron chi connectivity index (χ2n) is 4.85. The fraction of sp³-hybridized carbons (Fsp3) is 0.857. The zero-order valence-corrected chi connectivity index (χ0v) is 16.1. The molecule has 118 valence electrons. The predicted molar refractivity (Wildman–Crippen MR) is 105 cm³/mol. The third-order valence-corrected chi connectivity index (χ3v) is 4.49. The van der Waals surface area contributed by atoms with Gasteiger partial charge in [0, 0.05) is 26.2 Å². The second-order valence-corrected chi connectivity index (χ2v) is 7.07. The molecule has 0 rings (SSSR count). The Hall–Kier alpha value is 0.480. The lowest BCUT2D eigenvalue weighted by Crippen LogP contribution is -2.26. The summed E-state index contributed by atoms with van der Waals surface area (Å²) in [6, 6.07) is 0. The Morgan fingerprint density at radius 1 is 0.700 bits per heavy atom. The molecule has 0 saturated heterocycles. The highest BCUT2D eigenvalue weighted by Crippen LogP contribution is 2.09. The number of nitrogens with zero attached hydrogens (tertiary/aromatic N) is 2. The van der Waals surface area contributed by atoms with E-state index in [0.29, 0.717) is 0 Å². The van der Waals surface area contributed by atoms with Crippen LogP contribution in [-0.2, 0) is 0 Å². The minimum atomic E-state index is 0.717. The maximum Gasteiger partial charge on any atom is 0.133 e. The minimum absolute atomic E-state index is 0.717. The van der Waals surface area contributed by atoms with Gasteiger partial charge in [-0.05, 0) is 26.7 Å². The Balaban J connectivity index is 3.45. The van der Waals surface area contributed by atoms with E-state index in [1.165, 1.54) is 38.5 Å². The summed E-state index contributed by atoms with van der Waals surface area (Å²) in [5.41, 5.74) is 0. The van der Waals surface area contributed by atoms with Gasteiger partial charge >= 0.3 is 0 Å². The molecule has 0 aromatic heterocycles. The van der Waals surface area contributed by atoms with Crippen LogP contribution in [0, 0.1) is 0 Å². The van der Waals surface area contributed by atoms with Gasteiger partial charge < -0.3 is 9.80 Å². The number of hydrogen-bond donors (Lipinski definition) is 2. The predicted octanol–water partition coefficient (Wildman–Crippen LogP) is 4.40. The molecule has 0 heterocycles. The summed E-state index contributed by atoms with van der Waals surface area (Å²) in [4.78, 5) is 4.29. The zero-order valence-electron chi connectivity index (χ0n) is 12.7. The highest BCUT2D eigenvalue weighted by atomic mass is 32.1. The van der Waals surface area contributed by atoms with Gasteiger partial charge in [-0.15, -0.1) is 25.3 Å². The molecular weight excluding hydrogens is 324 g/mol. The van der Waals surface area contributed by atoms with E-state index in [1.54, 1.807) is 0 Å². The highest BCUT2D eigenvalue weighted by Gasteiger charge is 2.03. The smallest absolute Gasteiger partial charge is 0.133 e. The maximum absolute atomic E-state index is 5.08. The molecule has 0 radical (unpaired) electrons. The third-order valence-electron chi connectivity index (χ3n) is 3.41. The van der Waals surface area contributed by atoms with Gasteiger partial charge in [0.1, 0.15) is 8.64 Å². The van der Waals surface area contributed by atoms with Crippen LogP contribution in [0.2, 0.25) is 0 Å². The SMILES string of the molecule is CCN(CCCCCCCCN(CC)C(=S)S)C(=S)S.